The van der Waals surface area contributed by atoms with Crippen molar-refractivity contribution in [1.82, 2.24) is 4.98 Å². The number of nitrogens with zero attached hydrogens (tertiary/aromatic N) is 3. The molecule has 6 nitrogen and oxygen atoms in total. The lowest BCUT2D eigenvalue weighted by Crippen LogP contribution is -2.25. The zero-order chi connectivity index (χ0) is 15.5. The molecule has 0 atom stereocenters. The Kier molecular flexibility index (Phi) is 4.82. The second-order valence-corrected chi connectivity index (χ2v) is 4.39. The third-order valence-electron chi connectivity index (χ3n) is 2.25. The Morgan fingerprint density at radius 2 is 2.15 bits per heavy atom. The number of alkyl halides is 3. The van der Waals surface area contributed by atoms with E-state index in [0.29, 0.717) is 17.2 Å². The zero-order valence-electron chi connectivity index (χ0n) is 10.5. The van der Waals surface area contributed by atoms with E-state index in [-0.39, 0.29) is 16.7 Å². The molecule has 1 heterocycles. The Morgan fingerprint density at radius 3 is 2.60 bits per heavy atom. The Bertz CT molecular complexity index is 548. The van der Waals surface area contributed by atoms with E-state index in [9.17, 15) is 18.0 Å². The van der Waals surface area contributed by atoms with Crippen LogP contribution in [0.15, 0.2) is 17.3 Å². The Labute approximate surface area is 116 Å². The summed E-state index contributed by atoms with van der Waals surface area (Å²) in [5.74, 6) is -0.199. The number of halogens is 3. The second kappa shape index (κ2) is 5.99. The van der Waals surface area contributed by atoms with E-state index in [1.807, 2.05) is 0 Å². The summed E-state index contributed by atoms with van der Waals surface area (Å²) in [5.41, 5.74) is 4.09. The van der Waals surface area contributed by atoms with Crippen LogP contribution in [-0.4, -0.2) is 34.7 Å². The monoisotopic (exact) mass is 308 g/mol. The highest BCUT2D eigenvalue weighted by Crippen LogP contribution is 2.35. The zero-order valence-corrected chi connectivity index (χ0v) is 11.3. The first-order chi connectivity index (χ1) is 9.16. The topological polar surface area (TPSA) is 91.8 Å². The van der Waals surface area contributed by atoms with Crippen molar-refractivity contribution in [2.45, 2.75) is 6.18 Å². The van der Waals surface area contributed by atoms with Gasteiger partial charge in [-0.25, -0.2) is 14.8 Å². The fraction of sp³-hybridized carbons (Fsp3) is 0.300. The first-order valence-corrected chi connectivity index (χ1v) is 6.31. The van der Waals surface area contributed by atoms with Crippen LogP contribution < -0.4 is 10.6 Å². The average molecular weight is 308 g/mol. The number of aliphatic imine (C=N–C) groups is 1. The predicted octanol–water partition coefficient (Wildman–Crippen LogP) is 2.52. The molecule has 10 heteroatoms. The highest BCUT2D eigenvalue weighted by Gasteiger charge is 2.32. The van der Waals surface area contributed by atoms with E-state index in [2.05, 4.69) is 9.98 Å². The largest absolute Gasteiger partial charge is 0.465 e. The number of nitrogens with two attached hydrogens (primary N) is 1. The third kappa shape index (κ3) is 3.76. The van der Waals surface area contributed by atoms with Gasteiger partial charge in [0.2, 0.25) is 0 Å². The molecule has 0 saturated heterocycles. The fourth-order valence-electron chi connectivity index (χ4n) is 1.19. The van der Waals surface area contributed by atoms with Crippen LogP contribution in [0, 0.1) is 0 Å². The fourth-order valence-corrected chi connectivity index (χ4v) is 1.36. The van der Waals surface area contributed by atoms with E-state index in [1.54, 1.807) is 6.26 Å². The van der Waals surface area contributed by atoms with Crippen LogP contribution in [0.2, 0.25) is 0 Å². The van der Waals surface area contributed by atoms with Crippen molar-refractivity contribution >= 4 is 34.5 Å². The number of hydrogen-bond donors (Lipinski definition) is 2. The van der Waals surface area contributed by atoms with Crippen LogP contribution in [0.1, 0.15) is 5.56 Å². The van der Waals surface area contributed by atoms with Gasteiger partial charge in [0.15, 0.2) is 11.0 Å². The van der Waals surface area contributed by atoms with Crippen molar-refractivity contribution in [2.75, 3.05) is 18.2 Å². The van der Waals surface area contributed by atoms with Crippen molar-refractivity contribution in [3.63, 3.8) is 0 Å². The van der Waals surface area contributed by atoms with Gasteiger partial charge < -0.3 is 10.8 Å². The van der Waals surface area contributed by atoms with Crippen molar-refractivity contribution in [3.8, 4) is 0 Å². The maximum Gasteiger partial charge on any atom is 0.417 e. The third-order valence-corrected chi connectivity index (χ3v) is 2.76. The number of amides is 1. The molecule has 1 aromatic heterocycles. The Balaban J connectivity index is 3.42. The molecule has 0 saturated carbocycles. The summed E-state index contributed by atoms with van der Waals surface area (Å²) in [6.07, 6.45) is -3.88. The van der Waals surface area contributed by atoms with Gasteiger partial charge in [-0.1, -0.05) is 11.8 Å². The molecule has 0 fully saturated rings. The molecule has 0 bridgehead atoms. The lowest BCUT2D eigenvalue weighted by Gasteiger charge is -2.17. The van der Waals surface area contributed by atoms with Crippen molar-refractivity contribution < 1.29 is 23.1 Å². The normalized spacial score (nSPS) is 12.3. The Morgan fingerprint density at radius 1 is 1.55 bits per heavy atom. The molecule has 20 heavy (non-hydrogen) atoms. The van der Waals surface area contributed by atoms with Gasteiger partial charge in [-0.05, 0) is 12.3 Å². The van der Waals surface area contributed by atoms with E-state index >= 15 is 0 Å². The molecule has 0 aliphatic heterocycles. The molecule has 0 spiro atoms. The number of aromatic nitrogens is 1. The molecule has 1 amide bonds. The minimum atomic E-state index is -4.63. The van der Waals surface area contributed by atoms with Crippen LogP contribution in [0.3, 0.4) is 0 Å². The highest BCUT2D eigenvalue weighted by molar-refractivity contribution is 8.13. The van der Waals surface area contributed by atoms with Crippen LogP contribution in [0.4, 0.5) is 29.5 Å². The number of anilines is 1. The number of hydrogen-bond acceptors (Lipinski definition) is 4. The lowest BCUT2D eigenvalue weighted by molar-refractivity contribution is -0.137. The quantitative estimate of drug-likeness (QED) is 0.647. The number of thioether (sulfide) groups is 1. The summed E-state index contributed by atoms with van der Waals surface area (Å²) in [4.78, 5) is 18.8. The van der Waals surface area contributed by atoms with E-state index in [0.717, 1.165) is 18.8 Å². The smallest absolute Gasteiger partial charge is 0.417 e. The van der Waals surface area contributed by atoms with Gasteiger partial charge in [-0.2, -0.15) is 13.2 Å². The molecular formula is C10H11F3N4O2S. The predicted molar refractivity (Wildman–Crippen MR) is 70.5 cm³/mol. The lowest BCUT2D eigenvalue weighted by atomic mass is 10.2. The first kappa shape index (κ1) is 16.1. The number of carboxylic acid groups (broad SMARTS) is 1. The summed E-state index contributed by atoms with van der Waals surface area (Å²) >= 11 is 1.06. The molecule has 1 rings (SSSR count). The number of rotatable bonds is 2. The van der Waals surface area contributed by atoms with Crippen LogP contribution >= 0.6 is 11.8 Å². The first-order valence-electron chi connectivity index (χ1n) is 5.09. The summed E-state index contributed by atoms with van der Waals surface area (Å²) in [6, 6.07) is 0.660. The molecule has 110 valence electrons. The maximum absolute atomic E-state index is 12.6. The van der Waals surface area contributed by atoms with Crippen LogP contribution in [0.25, 0.3) is 0 Å². The van der Waals surface area contributed by atoms with E-state index in [1.165, 1.54) is 0 Å². The van der Waals surface area contributed by atoms with E-state index in [4.69, 9.17) is 10.8 Å². The van der Waals surface area contributed by atoms with Gasteiger partial charge in [-0.3, -0.25) is 4.90 Å². The van der Waals surface area contributed by atoms with Crippen molar-refractivity contribution in [2.24, 2.45) is 10.7 Å². The van der Waals surface area contributed by atoms with Gasteiger partial charge in [0.1, 0.15) is 0 Å². The van der Waals surface area contributed by atoms with Gasteiger partial charge in [0.05, 0.1) is 11.3 Å². The summed E-state index contributed by atoms with van der Waals surface area (Å²) in [6.45, 7) is 0. The van der Waals surface area contributed by atoms with E-state index < -0.39 is 17.8 Å². The molecular weight excluding hydrogens is 297 g/mol. The minimum absolute atomic E-state index is 0.0531. The average Bonchev–Trinajstić information content (AvgIpc) is 2.36. The summed E-state index contributed by atoms with van der Waals surface area (Å²) in [5, 5.41) is 8.93. The van der Waals surface area contributed by atoms with Gasteiger partial charge in [-0.15, -0.1) is 0 Å². The van der Waals surface area contributed by atoms with Crippen LogP contribution in [-0.2, 0) is 6.18 Å². The molecule has 0 unspecified atom stereocenters. The molecule has 1 aromatic rings. The molecule has 0 aromatic carbocycles. The van der Waals surface area contributed by atoms with Gasteiger partial charge in [0, 0.05) is 13.2 Å². The van der Waals surface area contributed by atoms with Crippen LogP contribution in [0.5, 0.6) is 0 Å². The van der Waals surface area contributed by atoms with Gasteiger partial charge in [0.25, 0.3) is 0 Å². The number of amidine groups is 1. The van der Waals surface area contributed by atoms with Gasteiger partial charge >= 0.3 is 12.3 Å². The molecule has 0 aliphatic carbocycles. The minimum Gasteiger partial charge on any atom is -0.465 e. The van der Waals surface area contributed by atoms with Crippen molar-refractivity contribution in [1.29, 1.82) is 0 Å². The second-order valence-electron chi connectivity index (χ2n) is 3.56. The molecule has 0 radical (unpaired) electrons. The summed E-state index contributed by atoms with van der Waals surface area (Å²) in [7, 11) is 1.09. The number of pyridine rings is 1. The molecule has 0 aliphatic rings. The summed E-state index contributed by atoms with van der Waals surface area (Å²) < 4.78 is 37.9. The van der Waals surface area contributed by atoms with Crippen molar-refractivity contribution in [3.05, 3.63) is 17.8 Å². The number of carbonyl (C=O) groups is 1. The Hall–Kier alpha value is -1.97. The highest BCUT2D eigenvalue weighted by atomic mass is 32.2. The molecule has 3 N–H and O–H groups in total. The standard InChI is InChI=1S/C10H11F3N4O2S/c1-17(9(18)19)6-3-5(10(11,12)13)4-15-7(6)16-8(14)20-2/h3-4H,1-2H3,(H,18,19)(H2,14,15,16). The SMILES string of the molecule is CSC(N)=Nc1ncc(C(F)(F)F)cc1N(C)C(=O)O. The maximum atomic E-state index is 12.6.